The monoisotopic (exact) mass is 386 g/mol. The van der Waals surface area contributed by atoms with Crippen LogP contribution in [0.2, 0.25) is 0 Å². The van der Waals surface area contributed by atoms with Gasteiger partial charge in [0.25, 0.3) is 0 Å². The quantitative estimate of drug-likeness (QED) is 0.656. The Kier molecular flexibility index (Phi) is 5.16. The molecule has 140 valence electrons. The van der Waals surface area contributed by atoms with E-state index >= 15 is 0 Å². The highest BCUT2D eigenvalue weighted by molar-refractivity contribution is 7.99. The van der Waals surface area contributed by atoms with Crippen molar-refractivity contribution < 1.29 is 13.6 Å². The minimum atomic E-state index is -0.427. The first-order valence-electron chi connectivity index (χ1n) is 9.00. The highest BCUT2D eigenvalue weighted by atomic mass is 32.2. The second-order valence-corrected chi connectivity index (χ2v) is 8.01. The van der Waals surface area contributed by atoms with Gasteiger partial charge in [0.2, 0.25) is 5.91 Å². The lowest BCUT2D eigenvalue weighted by Gasteiger charge is -2.21. The average molecular weight is 386 g/mol. The summed E-state index contributed by atoms with van der Waals surface area (Å²) in [7, 11) is 0. The van der Waals surface area contributed by atoms with Crippen molar-refractivity contribution in [2.45, 2.75) is 18.2 Å². The number of hydrogen-bond acceptors (Lipinski definition) is 2. The Morgan fingerprint density at radius 1 is 1.11 bits per heavy atom. The molecule has 1 amide bonds. The largest absolute Gasteiger partial charge is 0.340 e. The molecular formula is C21H20F2N2OS. The number of benzene rings is 2. The fourth-order valence-corrected chi connectivity index (χ4v) is 4.80. The first-order chi connectivity index (χ1) is 13.1. The molecule has 0 radical (unpaired) electrons. The number of thioether (sulfide) groups is 1. The molecule has 6 heteroatoms. The molecule has 0 bridgehead atoms. The van der Waals surface area contributed by atoms with Crippen LogP contribution in [0.1, 0.15) is 17.2 Å². The van der Waals surface area contributed by atoms with E-state index in [1.54, 1.807) is 11.8 Å². The highest BCUT2D eigenvalue weighted by Crippen LogP contribution is 2.36. The molecule has 1 aromatic heterocycles. The Hall–Kier alpha value is -2.34. The highest BCUT2D eigenvalue weighted by Gasteiger charge is 2.24. The van der Waals surface area contributed by atoms with E-state index in [-0.39, 0.29) is 23.5 Å². The van der Waals surface area contributed by atoms with Crippen LogP contribution < -0.4 is 0 Å². The molecule has 1 aliphatic heterocycles. The number of carbonyl (C=O) groups excluding carboxylic acids is 1. The van der Waals surface area contributed by atoms with Crippen LogP contribution in [-0.4, -0.2) is 34.2 Å². The number of rotatable bonds is 3. The molecule has 2 heterocycles. The Morgan fingerprint density at radius 2 is 1.96 bits per heavy atom. The lowest BCUT2D eigenvalue weighted by Crippen LogP contribution is -2.35. The zero-order chi connectivity index (χ0) is 18.8. The third-order valence-corrected chi connectivity index (χ3v) is 6.30. The van der Waals surface area contributed by atoms with Crippen molar-refractivity contribution in [2.24, 2.45) is 0 Å². The smallest absolute Gasteiger partial charge is 0.242 e. The van der Waals surface area contributed by atoms with Crippen molar-refractivity contribution in [2.75, 3.05) is 18.8 Å². The fourth-order valence-electron chi connectivity index (χ4n) is 3.55. The Morgan fingerprint density at radius 3 is 2.85 bits per heavy atom. The third-order valence-electron chi connectivity index (χ3n) is 4.98. The predicted molar refractivity (Wildman–Crippen MR) is 105 cm³/mol. The number of carbonyl (C=O) groups is 1. The van der Waals surface area contributed by atoms with Crippen molar-refractivity contribution in [3.8, 4) is 0 Å². The number of hydrogen-bond donors (Lipinski definition) is 0. The fraction of sp³-hybridized carbons (Fsp3) is 0.286. The maximum Gasteiger partial charge on any atom is 0.242 e. The molecule has 2 aromatic carbocycles. The normalized spacial score (nSPS) is 17.9. The van der Waals surface area contributed by atoms with Gasteiger partial charge >= 0.3 is 0 Å². The van der Waals surface area contributed by atoms with E-state index in [0.717, 1.165) is 17.0 Å². The van der Waals surface area contributed by atoms with Crippen LogP contribution in [-0.2, 0) is 11.3 Å². The molecule has 3 nitrogen and oxygen atoms in total. The SMILES string of the molecule is O=C(Cn1ccc2ccccc21)N1CCSC(c2cc(F)ccc2F)CC1. The van der Waals surface area contributed by atoms with E-state index in [9.17, 15) is 13.6 Å². The van der Waals surface area contributed by atoms with Crippen LogP contribution in [0.5, 0.6) is 0 Å². The molecule has 0 spiro atoms. The molecule has 3 aromatic rings. The number of amides is 1. The van der Waals surface area contributed by atoms with Gasteiger partial charge in [-0.05, 0) is 42.1 Å². The molecule has 1 aliphatic rings. The van der Waals surface area contributed by atoms with Gasteiger partial charge in [-0.2, -0.15) is 11.8 Å². The summed E-state index contributed by atoms with van der Waals surface area (Å²) in [6.07, 6.45) is 2.54. The van der Waals surface area contributed by atoms with Crippen molar-refractivity contribution in [3.63, 3.8) is 0 Å². The van der Waals surface area contributed by atoms with Gasteiger partial charge in [-0.15, -0.1) is 0 Å². The van der Waals surface area contributed by atoms with Crippen LogP contribution in [0.4, 0.5) is 8.78 Å². The number of nitrogens with zero attached hydrogens (tertiary/aromatic N) is 2. The van der Waals surface area contributed by atoms with E-state index in [1.165, 1.54) is 12.1 Å². The summed E-state index contributed by atoms with van der Waals surface area (Å²) in [6.45, 7) is 1.46. The second kappa shape index (κ2) is 7.72. The standard InChI is InChI=1S/C21H20F2N2OS/c22-16-5-6-18(23)17(13-16)20-8-10-24(11-12-27-20)21(26)14-25-9-7-15-3-1-2-4-19(15)25/h1-7,9,13,20H,8,10-12,14H2. The summed E-state index contributed by atoms with van der Waals surface area (Å²) >= 11 is 1.58. The zero-order valence-corrected chi connectivity index (χ0v) is 15.6. The third kappa shape index (κ3) is 3.86. The van der Waals surface area contributed by atoms with Crippen LogP contribution in [0, 0.1) is 11.6 Å². The van der Waals surface area contributed by atoms with Crippen LogP contribution in [0.25, 0.3) is 10.9 Å². The first kappa shape index (κ1) is 18.0. The van der Waals surface area contributed by atoms with Gasteiger partial charge in [-0.25, -0.2) is 8.78 Å². The molecule has 1 fully saturated rings. The maximum atomic E-state index is 14.1. The van der Waals surface area contributed by atoms with Gasteiger partial charge in [0.15, 0.2) is 0 Å². The van der Waals surface area contributed by atoms with Gasteiger partial charge in [-0.3, -0.25) is 4.79 Å². The lowest BCUT2D eigenvalue weighted by atomic mass is 10.1. The number of halogens is 2. The Balaban J connectivity index is 1.44. The number of fused-ring (bicyclic) bond motifs is 1. The van der Waals surface area contributed by atoms with E-state index in [4.69, 9.17) is 0 Å². The van der Waals surface area contributed by atoms with Crippen LogP contribution in [0.15, 0.2) is 54.7 Å². The minimum Gasteiger partial charge on any atom is -0.340 e. The summed E-state index contributed by atoms with van der Waals surface area (Å²) < 4.78 is 29.5. The summed E-state index contributed by atoms with van der Waals surface area (Å²) in [5.41, 5.74) is 1.43. The number of aromatic nitrogens is 1. The maximum absolute atomic E-state index is 14.1. The minimum absolute atomic E-state index is 0.0531. The summed E-state index contributed by atoms with van der Waals surface area (Å²) in [5, 5.41) is 0.976. The van der Waals surface area contributed by atoms with Crippen molar-refractivity contribution in [1.82, 2.24) is 9.47 Å². The zero-order valence-electron chi connectivity index (χ0n) is 14.8. The van der Waals surface area contributed by atoms with E-state index in [2.05, 4.69) is 0 Å². The molecular weight excluding hydrogens is 366 g/mol. The molecule has 4 rings (SSSR count). The Labute approximate surface area is 161 Å². The predicted octanol–water partition coefficient (Wildman–Crippen LogP) is 4.63. The first-order valence-corrected chi connectivity index (χ1v) is 10.0. The van der Waals surface area contributed by atoms with Crippen LogP contribution in [0.3, 0.4) is 0 Å². The molecule has 1 unspecified atom stereocenters. The molecule has 0 N–H and O–H groups in total. The molecule has 0 saturated carbocycles. The van der Waals surface area contributed by atoms with Gasteiger partial charge in [0.1, 0.15) is 18.2 Å². The van der Waals surface area contributed by atoms with Crippen LogP contribution >= 0.6 is 11.8 Å². The van der Waals surface area contributed by atoms with E-state index < -0.39 is 5.82 Å². The lowest BCUT2D eigenvalue weighted by molar-refractivity contribution is -0.131. The van der Waals surface area contributed by atoms with Gasteiger partial charge < -0.3 is 9.47 Å². The Bertz CT molecular complexity index is 972. The van der Waals surface area contributed by atoms with Crippen molar-refractivity contribution in [3.05, 3.63) is 71.9 Å². The average Bonchev–Trinajstić information content (AvgIpc) is 2.91. The summed E-state index contributed by atoms with van der Waals surface area (Å²) in [5.74, 6) is -0.0489. The van der Waals surface area contributed by atoms with E-state index in [0.29, 0.717) is 30.8 Å². The second-order valence-electron chi connectivity index (χ2n) is 6.70. The van der Waals surface area contributed by atoms with Crippen molar-refractivity contribution in [1.29, 1.82) is 0 Å². The van der Waals surface area contributed by atoms with Crippen molar-refractivity contribution >= 4 is 28.6 Å². The molecule has 1 saturated heterocycles. The van der Waals surface area contributed by atoms with Gasteiger partial charge in [-0.1, -0.05) is 18.2 Å². The summed E-state index contributed by atoms with van der Waals surface area (Å²) in [4.78, 5) is 14.6. The van der Waals surface area contributed by atoms with Gasteiger partial charge in [0, 0.05) is 41.4 Å². The number of para-hydroxylation sites is 1. The topological polar surface area (TPSA) is 25.2 Å². The molecule has 0 aliphatic carbocycles. The van der Waals surface area contributed by atoms with E-state index in [1.807, 2.05) is 46.0 Å². The summed E-state index contributed by atoms with van der Waals surface area (Å²) in [6, 6.07) is 13.6. The molecule has 27 heavy (non-hydrogen) atoms. The molecule has 1 atom stereocenters. The van der Waals surface area contributed by atoms with Gasteiger partial charge in [0.05, 0.1) is 0 Å².